The number of unbranched alkanes of at least 4 members (excludes halogenated alkanes) is 5. The van der Waals surface area contributed by atoms with Crippen molar-refractivity contribution < 1.29 is 13.2 Å². The van der Waals surface area contributed by atoms with Gasteiger partial charge < -0.3 is 9.30 Å². The minimum Gasteiger partial charge on any atom is -0.494 e. The minimum absolute atomic E-state index is 0.243. The van der Waals surface area contributed by atoms with Crippen LogP contribution in [0.5, 0.6) is 5.75 Å². The fraction of sp³-hybridized carbons (Fsp3) is 0.348. The van der Waals surface area contributed by atoms with Crippen LogP contribution in [0, 0.1) is 0 Å². The maximum absolute atomic E-state index is 12.3. The van der Waals surface area contributed by atoms with E-state index in [1.807, 2.05) is 18.7 Å². The third kappa shape index (κ3) is 7.22. The number of nitrogens with one attached hydrogen (secondary N) is 1. The molecule has 0 fully saturated rings. The van der Waals surface area contributed by atoms with Gasteiger partial charge in [-0.15, -0.1) is 0 Å². The predicted octanol–water partition coefficient (Wildman–Crippen LogP) is 5.10. The summed E-state index contributed by atoms with van der Waals surface area (Å²) in [5.41, 5.74) is 0.516. The molecule has 1 heterocycles. The van der Waals surface area contributed by atoms with Crippen molar-refractivity contribution in [1.82, 2.24) is 9.55 Å². The van der Waals surface area contributed by atoms with Gasteiger partial charge in [-0.05, 0) is 49.2 Å². The van der Waals surface area contributed by atoms with E-state index < -0.39 is 10.0 Å². The first-order valence-corrected chi connectivity index (χ1v) is 11.9. The summed E-state index contributed by atoms with van der Waals surface area (Å²) >= 11 is 0. The molecule has 0 atom stereocenters. The Balaban J connectivity index is 1.28. The van der Waals surface area contributed by atoms with Gasteiger partial charge in [0.05, 0.1) is 17.8 Å². The second-order valence-corrected chi connectivity index (χ2v) is 8.90. The second kappa shape index (κ2) is 11.4. The number of imidazole rings is 1. The number of hydrogen-bond acceptors (Lipinski definition) is 4. The Bertz CT molecular complexity index is 957. The van der Waals surface area contributed by atoms with E-state index in [9.17, 15) is 8.42 Å². The fourth-order valence-corrected chi connectivity index (χ4v) is 4.23. The summed E-state index contributed by atoms with van der Waals surface area (Å²) in [6.45, 7) is 1.71. The molecule has 0 bridgehead atoms. The number of sulfonamides is 1. The van der Waals surface area contributed by atoms with Crippen molar-refractivity contribution in [1.29, 1.82) is 0 Å². The Kier molecular flexibility index (Phi) is 8.32. The molecule has 2 aromatic carbocycles. The molecule has 0 spiro atoms. The largest absolute Gasteiger partial charge is 0.494 e. The molecule has 1 N–H and O–H groups in total. The van der Waals surface area contributed by atoms with Crippen LogP contribution >= 0.6 is 0 Å². The van der Waals surface area contributed by atoms with Crippen molar-refractivity contribution >= 4 is 15.7 Å². The van der Waals surface area contributed by atoms with E-state index in [4.69, 9.17) is 4.74 Å². The summed E-state index contributed by atoms with van der Waals surface area (Å²) < 4.78 is 35.1. The molecular formula is C23H29N3O3S. The Hall–Kier alpha value is -2.80. The van der Waals surface area contributed by atoms with Crippen LogP contribution in [0.1, 0.15) is 38.5 Å². The Labute approximate surface area is 179 Å². The molecular weight excluding hydrogens is 398 g/mol. The van der Waals surface area contributed by atoms with E-state index in [2.05, 4.69) is 14.3 Å². The Morgan fingerprint density at radius 1 is 0.867 bits per heavy atom. The van der Waals surface area contributed by atoms with Crippen molar-refractivity contribution in [2.45, 2.75) is 50.0 Å². The number of hydrogen-bond donors (Lipinski definition) is 1. The van der Waals surface area contributed by atoms with Crippen LogP contribution in [0.4, 0.5) is 5.69 Å². The highest BCUT2D eigenvalue weighted by Gasteiger charge is 2.13. The zero-order valence-electron chi connectivity index (χ0n) is 17.1. The number of nitrogens with zero attached hydrogens (tertiary/aromatic N) is 2. The van der Waals surface area contributed by atoms with E-state index in [1.54, 1.807) is 54.6 Å². The number of anilines is 1. The zero-order chi connectivity index (χ0) is 21.1. The molecule has 3 aromatic rings. The average Bonchev–Trinajstić information content (AvgIpc) is 3.28. The first-order valence-electron chi connectivity index (χ1n) is 10.4. The van der Waals surface area contributed by atoms with Gasteiger partial charge in [0.15, 0.2) is 0 Å². The SMILES string of the molecule is O=S(=O)(Nc1ccc(OCCCCCCCCn2ccnc2)cc1)c1ccccc1. The number of aromatic nitrogens is 2. The lowest BCUT2D eigenvalue weighted by Crippen LogP contribution is -2.12. The molecule has 0 unspecified atom stereocenters. The van der Waals surface area contributed by atoms with Crippen LogP contribution in [-0.2, 0) is 16.6 Å². The molecule has 0 aliphatic heterocycles. The zero-order valence-corrected chi connectivity index (χ0v) is 17.9. The third-order valence-electron chi connectivity index (χ3n) is 4.80. The first kappa shape index (κ1) is 21.9. The van der Waals surface area contributed by atoms with E-state index in [0.717, 1.165) is 25.1 Å². The second-order valence-electron chi connectivity index (χ2n) is 7.21. The molecule has 0 aliphatic carbocycles. The molecule has 0 saturated carbocycles. The normalized spacial score (nSPS) is 11.3. The van der Waals surface area contributed by atoms with Crippen LogP contribution in [-0.4, -0.2) is 24.6 Å². The van der Waals surface area contributed by atoms with Crippen molar-refractivity contribution in [3.63, 3.8) is 0 Å². The van der Waals surface area contributed by atoms with Gasteiger partial charge in [0.25, 0.3) is 10.0 Å². The number of benzene rings is 2. The molecule has 0 saturated heterocycles. The summed E-state index contributed by atoms with van der Waals surface area (Å²) in [5, 5.41) is 0. The molecule has 160 valence electrons. The maximum Gasteiger partial charge on any atom is 0.261 e. The topological polar surface area (TPSA) is 73.2 Å². The van der Waals surface area contributed by atoms with Gasteiger partial charge in [0.1, 0.15) is 5.75 Å². The number of ether oxygens (including phenoxy) is 1. The molecule has 30 heavy (non-hydrogen) atoms. The van der Waals surface area contributed by atoms with E-state index in [1.165, 1.54) is 25.7 Å². The van der Waals surface area contributed by atoms with Crippen molar-refractivity contribution in [2.24, 2.45) is 0 Å². The fourth-order valence-electron chi connectivity index (χ4n) is 3.15. The lowest BCUT2D eigenvalue weighted by atomic mass is 10.1. The van der Waals surface area contributed by atoms with Gasteiger partial charge in [-0.3, -0.25) is 4.72 Å². The van der Waals surface area contributed by atoms with Gasteiger partial charge in [-0.2, -0.15) is 0 Å². The van der Waals surface area contributed by atoms with Gasteiger partial charge in [-0.25, -0.2) is 13.4 Å². The maximum atomic E-state index is 12.3. The minimum atomic E-state index is -3.57. The summed E-state index contributed by atoms with van der Waals surface area (Å²) in [5.74, 6) is 0.748. The highest BCUT2D eigenvalue weighted by molar-refractivity contribution is 7.92. The van der Waals surface area contributed by atoms with Crippen LogP contribution in [0.2, 0.25) is 0 Å². The summed E-state index contributed by atoms with van der Waals surface area (Å²) in [6, 6.07) is 15.3. The number of rotatable bonds is 13. The molecule has 0 aliphatic rings. The third-order valence-corrected chi connectivity index (χ3v) is 6.20. The molecule has 0 amide bonds. The van der Waals surface area contributed by atoms with Crippen LogP contribution < -0.4 is 9.46 Å². The van der Waals surface area contributed by atoms with Gasteiger partial charge >= 0.3 is 0 Å². The quantitative estimate of drug-likeness (QED) is 0.385. The smallest absolute Gasteiger partial charge is 0.261 e. The molecule has 7 heteroatoms. The summed E-state index contributed by atoms with van der Waals surface area (Å²) in [4.78, 5) is 4.29. The van der Waals surface area contributed by atoms with Crippen molar-refractivity contribution in [3.05, 3.63) is 73.3 Å². The Morgan fingerprint density at radius 2 is 1.57 bits per heavy atom. The summed E-state index contributed by atoms with van der Waals surface area (Å²) in [7, 11) is -3.57. The Morgan fingerprint density at radius 3 is 2.27 bits per heavy atom. The van der Waals surface area contributed by atoms with Gasteiger partial charge in [0, 0.05) is 24.6 Å². The lowest BCUT2D eigenvalue weighted by molar-refractivity contribution is 0.304. The van der Waals surface area contributed by atoms with Crippen LogP contribution in [0.3, 0.4) is 0 Å². The van der Waals surface area contributed by atoms with Crippen LogP contribution in [0.15, 0.2) is 78.2 Å². The van der Waals surface area contributed by atoms with Gasteiger partial charge in [0.2, 0.25) is 0 Å². The van der Waals surface area contributed by atoms with E-state index in [-0.39, 0.29) is 4.90 Å². The molecule has 6 nitrogen and oxygen atoms in total. The highest BCUT2D eigenvalue weighted by Crippen LogP contribution is 2.20. The standard InChI is InChI=1S/C23H29N3O3S/c27-30(28,23-10-6-5-7-11-23)25-21-12-14-22(15-13-21)29-19-9-4-2-1-3-8-17-26-18-16-24-20-26/h5-7,10-16,18,20,25H,1-4,8-9,17,19H2. The van der Waals surface area contributed by atoms with Crippen molar-refractivity contribution in [2.75, 3.05) is 11.3 Å². The first-order chi connectivity index (χ1) is 14.6. The molecule has 1 aromatic heterocycles. The molecule has 3 rings (SSSR count). The van der Waals surface area contributed by atoms with E-state index >= 15 is 0 Å². The predicted molar refractivity (Wildman–Crippen MR) is 119 cm³/mol. The van der Waals surface area contributed by atoms with Crippen LogP contribution in [0.25, 0.3) is 0 Å². The average molecular weight is 428 g/mol. The highest BCUT2D eigenvalue weighted by atomic mass is 32.2. The van der Waals surface area contributed by atoms with Gasteiger partial charge in [-0.1, -0.05) is 43.9 Å². The molecule has 0 radical (unpaired) electrons. The van der Waals surface area contributed by atoms with E-state index in [0.29, 0.717) is 12.3 Å². The lowest BCUT2D eigenvalue weighted by Gasteiger charge is -2.10. The monoisotopic (exact) mass is 427 g/mol. The summed E-state index contributed by atoms with van der Waals surface area (Å²) in [6.07, 6.45) is 12.7. The van der Waals surface area contributed by atoms with Crippen molar-refractivity contribution in [3.8, 4) is 5.75 Å². The number of aryl methyl sites for hydroxylation is 1.